The van der Waals surface area contributed by atoms with Gasteiger partial charge in [0.15, 0.2) is 0 Å². The molecule has 29 heavy (non-hydrogen) atoms. The normalized spacial score (nSPS) is 11.2. The van der Waals surface area contributed by atoms with Gasteiger partial charge in [0.1, 0.15) is 5.82 Å². The maximum atomic E-state index is 12.5. The van der Waals surface area contributed by atoms with E-state index in [0.717, 1.165) is 11.1 Å². The number of benzene rings is 1. The Morgan fingerprint density at radius 2 is 1.83 bits per heavy atom. The molecular formula is C22H19N5O2. The van der Waals surface area contributed by atoms with Gasteiger partial charge in [-0.1, -0.05) is 35.9 Å². The van der Waals surface area contributed by atoms with Crippen molar-refractivity contribution in [1.29, 1.82) is 5.26 Å². The molecule has 2 N–H and O–H groups in total. The third kappa shape index (κ3) is 5.47. The highest BCUT2D eigenvalue weighted by atomic mass is 16.2. The van der Waals surface area contributed by atoms with Crippen LogP contribution < -0.4 is 10.6 Å². The van der Waals surface area contributed by atoms with Crippen molar-refractivity contribution >= 4 is 17.6 Å². The van der Waals surface area contributed by atoms with E-state index >= 15 is 0 Å². The van der Waals surface area contributed by atoms with E-state index in [4.69, 9.17) is 5.26 Å². The van der Waals surface area contributed by atoms with E-state index in [-0.39, 0.29) is 5.82 Å². The van der Waals surface area contributed by atoms with Crippen molar-refractivity contribution in [2.45, 2.75) is 19.4 Å². The largest absolute Gasteiger partial charge is 0.339 e. The standard InChI is InChI=1S/C22H19N5O2/c1-15-5-7-16(8-6-15)12-19(18-4-2-3-10-24-18)26-21(28)22(29)27-20-13-17(14-23)9-11-25-20/h2-11,13,19H,12H2,1H3,(H,26,28)(H,25,27,29). The van der Waals surface area contributed by atoms with Crippen LogP contribution in [0.5, 0.6) is 0 Å². The van der Waals surface area contributed by atoms with Gasteiger partial charge in [-0.15, -0.1) is 0 Å². The highest BCUT2D eigenvalue weighted by Crippen LogP contribution is 2.17. The first-order valence-electron chi connectivity index (χ1n) is 8.99. The number of nitriles is 1. The van der Waals surface area contributed by atoms with Crippen LogP contribution in [0.2, 0.25) is 0 Å². The summed E-state index contributed by atoms with van der Waals surface area (Å²) in [5.74, 6) is -1.54. The van der Waals surface area contributed by atoms with Crippen LogP contribution in [-0.4, -0.2) is 21.8 Å². The van der Waals surface area contributed by atoms with Crippen molar-refractivity contribution < 1.29 is 9.59 Å². The first kappa shape index (κ1) is 19.7. The third-order valence-electron chi connectivity index (χ3n) is 4.25. The fourth-order valence-electron chi connectivity index (χ4n) is 2.74. The maximum absolute atomic E-state index is 12.5. The second kappa shape index (κ2) is 9.24. The van der Waals surface area contributed by atoms with E-state index in [0.29, 0.717) is 17.7 Å². The number of pyridine rings is 2. The zero-order valence-corrected chi connectivity index (χ0v) is 15.8. The first-order chi connectivity index (χ1) is 14.0. The van der Waals surface area contributed by atoms with Gasteiger partial charge in [-0.3, -0.25) is 14.6 Å². The Labute approximate surface area is 168 Å². The molecule has 1 atom stereocenters. The number of carbonyl (C=O) groups is 2. The quantitative estimate of drug-likeness (QED) is 0.657. The van der Waals surface area contributed by atoms with Crippen molar-refractivity contribution in [3.8, 4) is 6.07 Å². The smallest absolute Gasteiger partial charge is 0.314 e. The van der Waals surface area contributed by atoms with Crippen LogP contribution >= 0.6 is 0 Å². The summed E-state index contributed by atoms with van der Waals surface area (Å²) in [7, 11) is 0. The van der Waals surface area contributed by atoms with Crippen LogP contribution in [0.25, 0.3) is 0 Å². The minimum atomic E-state index is -0.863. The molecule has 0 aliphatic carbocycles. The molecule has 0 radical (unpaired) electrons. The topological polar surface area (TPSA) is 108 Å². The van der Waals surface area contributed by atoms with Gasteiger partial charge in [0.2, 0.25) is 0 Å². The highest BCUT2D eigenvalue weighted by Gasteiger charge is 2.21. The minimum absolute atomic E-state index is 0.136. The number of amides is 2. The number of rotatable bonds is 5. The van der Waals surface area contributed by atoms with Gasteiger partial charge < -0.3 is 10.6 Å². The number of anilines is 1. The molecule has 0 saturated carbocycles. The van der Waals surface area contributed by atoms with Gasteiger partial charge >= 0.3 is 11.8 Å². The lowest BCUT2D eigenvalue weighted by Gasteiger charge is -2.18. The molecule has 7 nitrogen and oxygen atoms in total. The molecule has 0 spiro atoms. The molecular weight excluding hydrogens is 366 g/mol. The van der Waals surface area contributed by atoms with E-state index in [1.165, 1.54) is 18.3 Å². The Balaban J connectivity index is 1.74. The lowest BCUT2D eigenvalue weighted by Crippen LogP contribution is -2.39. The maximum Gasteiger partial charge on any atom is 0.314 e. The molecule has 0 aliphatic heterocycles. The molecule has 0 bridgehead atoms. The minimum Gasteiger partial charge on any atom is -0.339 e. The van der Waals surface area contributed by atoms with Gasteiger partial charge in [-0.2, -0.15) is 5.26 Å². The van der Waals surface area contributed by atoms with Gasteiger partial charge in [-0.05, 0) is 43.2 Å². The van der Waals surface area contributed by atoms with Crippen molar-refractivity contribution in [3.05, 3.63) is 89.4 Å². The lowest BCUT2D eigenvalue weighted by atomic mass is 10.0. The third-order valence-corrected chi connectivity index (χ3v) is 4.25. The second-order valence-corrected chi connectivity index (χ2v) is 6.47. The van der Waals surface area contributed by atoms with Crippen LogP contribution in [0.3, 0.4) is 0 Å². The molecule has 7 heteroatoms. The number of carbonyl (C=O) groups excluding carboxylic acids is 2. The molecule has 2 heterocycles. The van der Waals surface area contributed by atoms with Gasteiger partial charge in [-0.25, -0.2) is 4.98 Å². The van der Waals surface area contributed by atoms with E-state index in [1.54, 1.807) is 18.3 Å². The summed E-state index contributed by atoms with van der Waals surface area (Å²) in [6, 6.07) is 17.7. The molecule has 1 aromatic carbocycles. The summed E-state index contributed by atoms with van der Waals surface area (Å²) in [5, 5.41) is 14.1. The molecule has 0 aliphatic rings. The summed E-state index contributed by atoms with van der Waals surface area (Å²) >= 11 is 0. The lowest BCUT2D eigenvalue weighted by molar-refractivity contribution is -0.136. The molecule has 3 aromatic rings. The Morgan fingerprint density at radius 1 is 1.03 bits per heavy atom. The zero-order chi connectivity index (χ0) is 20.6. The molecule has 3 rings (SSSR count). The SMILES string of the molecule is Cc1ccc(CC(NC(=O)C(=O)Nc2cc(C#N)ccn2)c2ccccn2)cc1. The van der Waals surface area contributed by atoms with Crippen LogP contribution in [-0.2, 0) is 16.0 Å². The van der Waals surface area contributed by atoms with Crippen molar-refractivity contribution in [2.75, 3.05) is 5.32 Å². The summed E-state index contributed by atoms with van der Waals surface area (Å²) in [4.78, 5) is 33.1. The predicted octanol–water partition coefficient (Wildman–Crippen LogP) is 2.70. The number of hydrogen-bond donors (Lipinski definition) is 2. The Hall–Kier alpha value is -4.05. The molecule has 0 fully saturated rings. The first-order valence-corrected chi connectivity index (χ1v) is 8.99. The van der Waals surface area contributed by atoms with E-state index in [2.05, 4.69) is 20.6 Å². The average molecular weight is 385 g/mol. The fraction of sp³-hybridized carbons (Fsp3) is 0.136. The Bertz CT molecular complexity index is 1040. The summed E-state index contributed by atoms with van der Waals surface area (Å²) in [6.07, 6.45) is 3.51. The number of aryl methyl sites for hydroxylation is 1. The van der Waals surface area contributed by atoms with Crippen molar-refractivity contribution in [1.82, 2.24) is 15.3 Å². The second-order valence-electron chi connectivity index (χ2n) is 6.47. The van der Waals surface area contributed by atoms with Crippen LogP contribution in [0.15, 0.2) is 67.0 Å². The van der Waals surface area contributed by atoms with Crippen molar-refractivity contribution in [3.63, 3.8) is 0 Å². The number of nitrogens with one attached hydrogen (secondary N) is 2. The van der Waals surface area contributed by atoms with E-state index in [9.17, 15) is 9.59 Å². The fourth-order valence-corrected chi connectivity index (χ4v) is 2.74. The van der Waals surface area contributed by atoms with Gasteiger partial charge in [0.25, 0.3) is 0 Å². The number of aromatic nitrogens is 2. The molecule has 144 valence electrons. The van der Waals surface area contributed by atoms with Crippen LogP contribution in [0, 0.1) is 18.3 Å². The van der Waals surface area contributed by atoms with E-state index < -0.39 is 17.9 Å². The zero-order valence-electron chi connectivity index (χ0n) is 15.8. The molecule has 2 aromatic heterocycles. The molecule has 1 unspecified atom stereocenters. The van der Waals surface area contributed by atoms with E-state index in [1.807, 2.05) is 43.3 Å². The Morgan fingerprint density at radius 3 is 2.52 bits per heavy atom. The number of hydrogen-bond acceptors (Lipinski definition) is 5. The summed E-state index contributed by atoms with van der Waals surface area (Å²) in [5.41, 5.74) is 3.13. The molecule has 2 amide bonds. The summed E-state index contributed by atoms with van der Waals surface area (Å²) < 4.78 is 0. The van der Waals surface area contributed by atoms with Crippen LogP contribution in [0.1, 0.15) is 28.4 Å². The number of nitrogens with zero attached hydrogens (tertiary/aromatic N) is 3. The van der Waals surface area contributed by atoms with Gasteiger partial charge in [0.05, 0.1) is 23.4 Å². The summed E-state index contributed by atoms with van der Waals surface area (Å²) in [6.45, 7) is 2.00. The van der Waals surface area contributed by atoms with Crippen LogP contribution in [0.4, 0.5) is 5.82 Å². The van der Waals surface area contributed by atoms with Gasteiger partial charge in [0, 0.05) is 12.4 Å². The monoisotopic (exact) mass is 385 g/mol. The highest BCUT2D eigenvalue weighted by molar-refractivity contribution is 6.39. The molecule has 0 saturated heterocycles. The average Bonchev–Trinajstić information content (AvgIpc) is 2.75. The van der Waals surface area contributed by atoms with Crippen molar-refractivity contribution in [2.24, 2.45) is 0 Å². The Kier molecular flexibility index (Phi) is 6.28. The predicted molar refractivity (Wildman–Crippen MR) is 108 cm³/mol.